The number of carbonyl (C=O) groups excluding carboxylic acids is 1. The van der Waals surface area contributed by atoms with Crippen molar-refractivity contribution >= 4 is 11.8 Å². The molecule has 1 amide bonds. The van der Waals surface area contributed by atoms with Gasteiger partial charge in [-0.25, -0.2) is 9.97 Å². The molecular weight excluding hydrogens is 298 g/mol. The van der Waals surface area contributed by atoms with Crippen LogP contribution in [0.25, 0.3) is 0 Å². The van der Waals surface area contributed by atoms with E-state index in [1.54, 1.807) is 13.0 Å². The molecule has 0 unspecified atom stereocenters. The zero-order valence-corrected chi connectivity index (χ0v) is 13.2. The highest BCUT2D eigenvalue weighted by Crippen LogP contribution is 2.24. The maximum Gasteiger partial charge on any atom is 0.240 e. The highest BCUT2D eigenvalue weighted by Gasteiger charge is 2.23. The first kappa shape index (κ1) is 15.4. The minimum Gasteiger partial charge on any atom is -0.478 e. The molecule has 3 heterocycles. The maximum absolute atomic E-state index is 12.1. The van der Waals surface area contributed by atoms with Crippen LogP contribution in [0.4, 0.5) is 5.88 Å². The lowest BCUT2D eigenvalue weighted by Crippen LogP contribution is -2.37. The first-order valence-electron chi connectivity index (χ1n) is 7.56. The molecule has 0 aliphatic carbocycles. The molecule has 2 aromatic rings. The van der Waals surface area contributed by atoms with Crippen LogP contribution in [0.15, 0.2) is 16.9 Å². The molecule has 0 saturated heterocycles. The number of hydrogen-bond donors (Lipinski definition) is 1. The van der Waals surface area contributed by atoms with Crippen molar-refractivity contribution in [3.05, 3.63) is 29.3 Å². The number of carbonyl (C=O) groups is 1. The highest BCUT2D eigenvalue weighted by atomic mass is 16.5. The molecule has 0 spiro atoms. The Balaban J connectivity index is 1.63. The minimum atomic E-state index is -0.139. The van der Waals surface area contributed by atoms with E-state index in [1.165, 1.54) is 6.33 Å². The zero-order valence-electron chi connectivity index (χ0n) is 13.2. The summed E-state index contributed by atoms with van der Waals surface area (Å²) in [4.78, 5) is 22.6. The molecule has 0 saturated carbocycles. The van der Waals surface area contributed by atoms with Gasteiger partial charge >= 0.3 is 0 Å². The Kier molecular flexibility index (Phi) is 4.52. The third kappa shape index (κ3) is 3.65. The summed E-state index contributed by atoms with van der Waals surface area (Å²) in [7, 11) is 0. The summed E-state index contributed by atoms with van der Waals surface area (Å²) < 4.78 is 10.5. The molecule has 23 heavy (non-hydrogen) atoms. The van der Waals surface area contributed by atoms with Crippen LogP contribution in [0.3, 0.4) is 0 Å². The molecule has 3 rings (SSSR count). The van der Waals surface area contributed by atoms with Gasteiger partial charge in [0.05, 0.1) is 24.5 Å². The first-order valence-corrected chi connectivity index (χ1v) is 7.56. The van der Waals surface area contributed by atoms with Gasteiger partial charge in [0.1, 0.15) is 6.33 Å². The van der Waals surface area contributed by atoms with E-state index in [0.29, 0.717) is 24.9 Å². The summed E-state index contributed by atoms with van der Waals surface area (Å²) in [5.74, 6) is 0.830. The van der Waals surface area contributed by atoms with Gasteiger partial charge in [-0.3, -0.25) is 15.0 Å². The standard InChI is InChI=1S/C15H19N5O3/c1-3-22-15-11-7-20(5-4-12(11)16-9-17-15)8-13(21)18-14-6-10(2)19-23-14/h6,9H,3-5,7-8H2,1-2H3,(H,18,21). The number of aryl methyl sites for hydroxylation is 1. The number of rotatable bonds is 5. The number of ether oxygens (including phenoxy) is 1. The Morgan fingerprint density at radius 1 is 1.48 bits per heavy atom. The van der Waals surface area contributed by atoms with Crippen molar-refractivity contribution in [3.63, 3.8) is 0 Å². The van der Waals surface area contributed by atoms with Crippen molar-refractivity contribution in [3.8, 4) is 5.88 Å². The number of nitrogens with one attached hydrogen (secondary N) is 1. The predicted octanol–water partition coefficient (Wildman–Crippen LogP) is 1.17. The molecule has 1 N–H and O–H groups in total. The average molecular weight is 317 g/mol. The van der Waals surface area contributed by atoms with E-state index >= 15 is 0 Å². The lowest BCUT2D eigenvalue weighted by molar-refractivity contribution is -0.117. The summed E-state index contributed by atoms with van der Waals surface area (Å²) in [5.41, 5.74) is 2.68. The quantitative estimate of drug-likeness (QED) is 0.884. The Labute approximate surface area is 133 Å². The Morgan fingerprint density at radius 2 is 2.35 bits per heavy atom. The van der Waals surface area contributed by atoms with Crippen molar-refractivity contribution < 1.29 is 14.1 Å². The van der Waals surface area contributed by atoms with Crippen LogP contribution >= 0.6 is 0 Å². The summed E-state index contributed by atoms with van der Waals surface area (Å²) >= 11 is 0. The van der Waals surface area contributed by atoms with Crippen LogP contribution in [0.5, 0.6) is 5.88 Å². The van der Waals surface area contributed by atoms with E-state index in [-0.39, 0.29) is 12.5 Å². The largest absolute Gasteiger partial charge is 0.478 e. The molecule has 0 aromatic carbocycles. The molecule has 0 bridgehead atoms. The Morgan fingerprint density at radius 3 is 3.09 bits per heavy atom. The predicted molar refractivity (Wildman–Crippen MR) is 82.1 cm³/mol. The van der Waals surface area contributed by atoms with E-state index in [4.69, 9.17) is 9.26 Å². The summed E-state index contributed by atoms with van der Waals surface area (Å²) in [5, 5.41) is 6.44. The number of fused-ring (bicyclic) bond motifs is 1. The second-order valence-corrected chi connectivity index (χ2v) is 5.38. The highest BCUT2D eigenvalue weighted by molar-refractivity contribution is 5.90. The van der Waals surface area contributed by atoms with Gasteiger partial charge in [-0.15, -0.1) is 0 Å². The smallest absolute Gasteiger partial charge is 0.240 e. The van der Waals surface area contributed by atoms with Crippen LogP contribution in [0.2, 0.25) is 0 Å². The van der Waals surface area contributed by atoms with Crippen LogP contribution in [-0.2, 0) is 17.8 Å². The SMILES string of the molecule is CCOc1ncnc2c1CN(CC(=O)Nc1cc(C)no1)CC2. The maximum atomic E-state index is 12.1. The van der Waals surface area contributed by atoms with Crippen molar-refractivity contribution in [2.75, 3.05) is 25.0 Å². The number of hydrogen-bond acceptors (Lipinski definition) is 7. The third-order valence-electron chi connectivity index (χ3n) is 3.58. The van der Waals surface area contributed by atoms with Crippen LogP contribution in [0, 0.1) is 6.92 Å². The second-order valence-electron chi connectivity index (χ2n) is 5.38. The molecule has 8 heteroatoms. The molecular formula is C15H19N5O3. The zero-order chi connectivity index (χ0) is 16.2. The summed E-state index contributed by atoms with van der Waals surface area (Å²) in [6.45, 7) is 5.89. The minimum absolute atomic E-state index is 0.139. The molecule has 0 fully saturated rings. The van der Waals surface area contributed by atoms with Gasteiger partial charge in [0.25, 0.3) is 0 Å². The van der Waals surface area contributed by atoms with Crippen LogP contribution < -0.4 is 10.1 Å². The van der Waals surface area contributed by atoms with E-state index in [0.717, 1.165) is 29.9 Å². The van der Waals surface area contributed by atoms with Gasteiger partial charge in [-0.1, -0.05) is 5.16 Å². The lowest BCUT2D eigenvalue weighted by Gasteiger charge is -2.27. The monoisotopic (exact) mass is 317 g/mol. The van der Waals surface area contributed by atoms with Crippen LogP contribution in [0.1, 0.15) is 23.9 Å². The lowest BCUT2D eigenvalue weighted by atomic mass is 10.1. The number of nitrogens with zero attached hydrogens (tertiary/aromatic N) is 4. The number of amides is 1. The van der Waals surface area contributed by atoms with Gasteiger partial charge < -0.3 is 9.26 Å². The van der Waals surface area contributed by atoms with Gasteiger partial charge in [0.15, 0.2) is 0 Å². The topological polar surface area (TPSA) is 93.4 Å². The second kappa shape index (κ2) is 6.74. The van der Waals surface area contributed by atoms with Gasteiger partial charge in [-0.2, -0.15) is 0 Å². The summed E-state index contributed by atoms with van der Waals surface area (Å²) in [6, 6.07) is 1.68. The molecule has 0 atom stereocenters. The Bertz CT molecular complexity index is 700. The van der Waals surface area contributed by atoms with Gasteiger partial charge in [-0.05, 0) is 13.8 Å². The number of anilines is 1. The van der Waals surface area contributed by atoms with Crippen molar-refractivity contribution in [2.45, 2.75) is 26.8 Å². The molecule has 1 aliphatic rings. The third-order valence-corrected chi connectivity index (χ3v) is 3.58. The van der Waals surface area contributed by atoms with E-state index in [2.05, 4.69) is 20.4 Å². The molecule has 2 aromatic heterocycles. The Hall–Kier alpha value is -2.48. The fraction of sp³-hybridized carbons (Fsp3) is 0.467. The summed E-state index contributed by atoms with van der Waals surface area (Å²) in [6.07, 6.45) is 2.30. The molecule has 1 aliphatic heterocycles. The van der Waals surface area contributed by atoms with E-state index in [9.17, 15) is 4.79 Å². The van der Waals surface area contributed by atoms with Crippen LogP contribution in [-0.4, -0.2) is 45.6 Å². The first-order chi connectivity index (χ1) is 11.2. The fourth-order valence-corrected chi connectivity index (χ4v) is 2.57. The van der Waals surface area contributed by atoms with Crippen molar-refractivity contribution in [2.24, 2.45) is 0 Å². The van der Waals surface area contributed by atoms with Crippen molar-refractivity contribution in [1.82, 2.24) is 20.0 Å². The normalized spacial score (nSPS) is 14.3. The van der Waals surface area contributed by atoms with Crippen molar-refractivity contribution in [1.29, 1.82) is 0 Å². The van der Waals surface area contributed by atoms with E-state index < -0.39 is 0 Å². The molecule has 0 radical (unpaired) electrons. The van der Waals surface area contributed by atoms with Gasteiger partial charge in [0.2, 0.25) is 17.7 Å². The average Bonchev–Trinajstić information content (AvgIpc) is 2.93. The van der Waals surface area contributed by atoms with Gasteiger partial charge in [0, 0.05) is 31.1 Å². The molecule has 8 nitrogen and oxygen atoms in total. The molecule has 122 valence electrons. The van der Waals surface area contributed by atoms with E-state index in [1.807, 2.05) is 11.8 Å². The fourth-order valence-electron chi connectivity index (χ4n) is 2.57. The number of aromatic nitrogens is 3.